The van der Waals surface area contributed by atoms with Crippen molar-refractivity contribution >= 4 is 11.7 Å². The van der Waals surface area contributed by atoms with Crippen LogP contribution in [0.3, 0.4) is 0 Å². The van der Waals surface area contributed by atoms with Gasteiger partial charge in [-0.3, -0.25) is 4.79 Å². The van der Waals surface area contributed by atoms with Gasteiger partial charge in [-0.15, -0.1) is 0 Å². The molecule has 1 aliphatic rings. The fourth-order valence-electron chi connectivity index (χ4n) is 3.07. The number of nitrogens with zero attached hydrogens (tertiary/aromatic N) is 3. The highest BCUT2D eigenvalue weighted by Crippen LogP contribution is 2.38. The normalized spacial score (nSPS) is 17.0. The van der Waals surface area contributed by atoms with E-state index in [1.807, 2.05) is 30.6 Å². The average molecular weight is 285 g/mol. The third-order valence-electron chi connectivity index (χ3n) is 4.05. The number of aryl methyl sites for hydroxylation is 1. The van der Waals surface area contributed by atoms with Gasteiger partial charge < -0.3 is 14.6 Å². The SMILES string of the molecule is CCn1ccnc1CN1CC(CC(=O)O)c2ccccc21. The predicted octanol–water partition coefficient (Wildman–Crippen LogP) is 2.48. The third kappa shape index (κ3) is 2.63. The molecule has 1 aromatic heterocycles. The molecule has 0 saturated carbocycles. The smallest absolute Gasteiger partial charge is 0.304 e. The zero-order valence-corrected chi connectivity index (χ0v) is 12.1. The molecule has 110 valence electrons. The zero-order valence-electron chi connectivity index (χ0n) is 12.1. The number of aromatic nitrogens is 2. The van der Waals surface area contributed by atoms with E-state index in [2.05, 4.69) is 27.4 Å². The van der Waals surface area contributed by atoms with Crippen LogP contribution in [-0.2, 0) is 17.9 Å². The van der Waals surface area contributed by atoms with Gasteiger partial charge in [0, 0.05) is 37.1 Å². The number of hydrogen-bond donors (Lipinski definition) is 1. The van der Waals surface area contributed by atoms with Gasteiger partial charge in [-0.1, -0.05) is 18.2 Å². The van der Waals surface area contributed by atoms with Crippen LogP contribution in [0.4, 0.5) is 5.69 Å². The average Bonchev–Trinajstić information content (AvgIpc) is 3.05. The van der Waals surface area contributed by atoms with Gasteiger partial charge in [-0.05, 0) is 18.6 Å². The summed E-state index contributed by atoms with van der Waals surface area (Å²) >= 11 is 0. The Morgan fingerprint density at radius 3 is 3.00 bits per heavy atom. The molecular formula is C16H19N3O2. The van der Waals surface area contributed by atoms with Gasteiger partial charge in [0.25, 0.3) is 0 Å². The molecular weight excluding hydrogens is 266 g/mol. The molecule has 3 rings (SSSR count). The number of carboxylic acids is 1. The van der Waals surface area contributed by atoms with Crippen molar-refractivity contribution in [1.82, 2.24) is 9.55 Å². The maximum absolute atomic E-state index is 11.1. The van der Waals surface area contributed by atoms with E-state index in [1.165, 1.54) is 0 Å². The number of imidazole rings is 1. The highest BCUT2D eigenvalue weighted by atomic mass is 16.4. The molecule has 0 bridgehead atoms. The minimum atomic E-state index is -0.744. The van der Waals surface area contributed by atoms with Crippen LogP contribution in [0.15, 0.2) is 36.7 Å². The number of hydrogen-bond acceptors (Lipinski definition) is 3. The Bertz CT molecular complexity index is 650. The van der Waals surface area contributed by atoms with Crippen molar-refractivity contribution in [2.24, 2.45) is 0 Å². The lowest BCUT2D eigenvalue weighted by atomic mass is 9.98. The molecule has 0 amide bonds. The van der Waals surface area contributed by atoms with Crippen molar-refractivity contribution in [3.05, 3.63) is 48.0 Å². The Balaban J connectivity index is 1.86. The predicted molar refractivity (Wildman–Crippen MR) is 80.4 cm³/mol. The van der Waals surface area contributed by atoms with Gasteiger partial charge in [0.05, 0.1) is 13.0 Å². The quantitative estimate of drug-likeness (QED) is 0.917. The molecule has 1 N–H and O–H groups in total. The van der Waals surface area contributed by atoms with E-state index in [0.29, 0.717) is 6.54 Å². The van der Waals surface area contributed by atoms with E-state index in [9.17, 15) is 4.79 Å². The van der Waals surface area contributed by atoms with E-state index >= 15 is 0 Å². The number of rotatable bonds is 5. The minimum Gasteiger partial charge on any atom is -0.481 e. The standard InChI is InChI=1S/C16H19N3O2/c1-2-18-8-7-17-15(18)11-19-10-12(9-16(20)21)13-5-3-4-6-14(13)19/h3-8,12H,2,9-11H2,1H3,(H,20,21). The molecule has 1 atom stereocenters. The lowest BCUT2D eigenvalue weighted by Crippen LogP contribution is -2.24. The fraction of sp³-hybridized carbons (Fsp3) is 0.375. The summed E-state index contributed by atoms with van der Waals surface area (Å²) in [6, 6.07) is 8.08. The number of carboxylic acid groups (broad SMARTS) is 1. The first-order chi connectivity index (χ1) is 10.2. The molecule has 2 heterocycles. The number of carbonyl (C=O) groups is 1. The van der Waals surface area contributed by atoms with Gasteiger partial charge in [-0.25, -0.2) is 4.98 Å². The summed E-state index contributed by atoms with van der Waals surface area (Å²) in [6.07, 6.45) is 3.97. The molecule has 0 saturated heterocycles. The van der Waals surface area contributed by atoms with E-state index in [0.717, 1.165) is 30.2 Å². The summed E-state index contributed by atoms with van der Waals surface area (Å²) in [4.78, 5) is 17.7. The van der Waals surface area contributed by atoms with Crippen LogP contribution < -0.4 is 4.90 Å². The van der Waals surface area contributed by atoms with E-state index in [-0.39, 0.29) is 12.3 Å². The molecule has 0 fully saturated rings. The molecule has 1 aromatic carbocycles. The molecule has 0 spiro atoms. The number of benzene rings is 1. The summed E-state index contributed by atoms with van der Waals surface area (Å²) in [5.41, 5.74) is 2.27. The zero-order chi connectivity index (χ0) is 14.8. The number of para-hydroxylation sites is 1. The Labute approximate surface area is 123 Å². The molecule has 5 nitrogen and oxygen atoms in total. The second-order valence-corrected chi connectivity index (χ2v) is 5.36. The van der Waals surface area contributed by atoms with Crippen molar-refractivity contribution in [1.29, 1.82) is 0 Å². The summed E-state index contributed by atoms with van der Waals surface area (Å²) in [6.45, 7) is 4.44. The number of fused-ring (bicyclic) bond motifs is 1. The van der Waals surface area contributed by atoms with Crippen molar-refractivity contribution in [3.8, 4) is 0 Å². The molecule has 5 heteroatoms. The third-order valence-corrected chi connectivity index (χ3v) is 4.05. The summed E-state index contributed by atoms with van der Waals surface area (Å²) in [5.74, 6) is 0.332. The Morgan fingerprint density at radius 2 is 2.24 bits per heavy atom. The molecule has 1 unspecified atom stereocenters. The lowest BCUT2D eigenvalue weighted by Gasteiger charge is -2.20. The lowest BCUT2D eigenvalue weighted by molar-refractivity contribution is -0.137. The van der Waals surface area contributed by atoms with Gasteiger partial charge in [-0.2, -0.15) is 0 Å². The molecule has 0 radical (unpaired) electrons. The summed E-state index contributed by atoms with van der Waals surface area (Å²) in [7, 11) is 0. The molecule has 0 aliphatic carbocycles. The maximum Gasteiger partial charge on any atom is 0.304 e. The van der Waals surface area contributed by atoms with Crippen LogP contribution in [0, 0.1) is 0 Å². The van der Waals surface area contributed by atoms with E-state index in [1.54, 1.807) is 0 Å². The second-order valence-electron chi connectivity index (χ2n) is 5.36. The highest BCUT2D eigenvalue weighted by Gasteiger charge is 2.30. The first-order valence-electron chi connectivity index (χ1n) is 7.24. The Morgan fingerprint density at radius 1 is 1.43 bits per heavy atom. The van der Waals surface area contributed by atoms with Gasteiger partial charge >= 0.3 is 5.97 Å². The topological polar surface area (TPSA) is 58.4 Å². The van der Waals surface area contributed by atoms with E-state index in [4.69, 9.17) is 5.11 Å². The van der Waals surface area contributed by atoms with Crippen LogP contribution in [0.2, 0.25) is 0 Å². The van der Waals surface area contributed by atoms with E-state index < -0.39 is 5.97 Å². The van der Waals surface area contributed by atoms with Crippen molar-refractivity contribution in [2.75, 3.05) is 11.4 Å². The van der Waals surface area contributed by atoms with Gasteiger partial charge in [0.15, 0.2) is 0 Å². The van der Waals surface area contributed by atoms with Crippen molar-refractivity contribution in [3.63, 3.8) is 0 Å². The maximum atomic E-state index is 11.1. The van der Waals surface area contributed by atoms with Crippen LogP contribution >= 0.6 is 0 Å². The Kier molecular flexibility index (Phi) is 3.64. The summed E-state index contributed by atoms with van der Waals surface area (Å²) in [5, 5.41) is 9.09. The minimum absolute atomic E-state index is 0.0590. The van der Waals surface area contributed by atoms with Crippen LogP contribution in [0.25, 0.3) is 0 Å². The van der Waals surface area contributed by atoms with Crippen LogP contribution in [0.5, 0.6) is 0 Å². The number of aliphatic carboxylic acids is 1. The fourth-order valence-corrected chi connectivity index (χ4v) is 3.07. The summed E-state index contributed by atoms with van der Waals surface area (Å²) < 4.78 is 2.12. The van der Waals surface area contributed by atoms with Crippen LogP contribution in [-0.4, -0.2) is 27.2 Å². The Hall–Kier alpha value is -2.30. The van der Waals surface area contributed by atoms with Gasteiger partial charge in [0.1, 0.15) is 5.82 Å². The van der Waals surface area contributed by atoms with Crippen molar-refractivity contribution < 1.29 is 9.90 Å². The molecule has 2 aromatic rings. The molecule has 1 aliphatic heterocycles. The largest absolute Gasteiger partial charge is 0.481 e. The van der Waals surface area contributed by atoms with Crippen molar-refractivity contribution in [2.45, 2.75) is 32.4 Å². The highest BCUT2D eigenvalue weighted by molar-refractivity contribution is 5.71. The second kappa shape index (κ2) is 5.60. The molecule has 21 heavy (non-hydrogen) atoms. The monoisotopic (exact) mass is 285 g/mol. The van der Waals surface area contributed by atoms with Crippen LogP contribution in [0.1, 0.15) is 30.7 Å². The van der Waals surface area contributed by atoms with Gasteiger partial charge in [0.2, 0.25) is 0 Å². The first-order valence-corrected chi connectivity index (χ1v) is 7.24. The number of anilines is 1. The first kappa shape index (κ1) is 13.7.